The van der Waals surface area contributed by atoms with E-state index in [1.165, 1.54) is 17.0 Å². The summed E-state index contributed by atoms with van der Waals surface area (Å²) in [6.07, 6.45) is 0. The smallest absolute Gasteiger partial charge is 0.239 e. The lowest BCUT2D eigenvalue weighted by Crippen LogP contribution is -2.46. The van der Waals surface area contributed by atoms with Crippen molar-refractivity contribution < 1.29 is 14.0 Å². The lowest BCUT2D eigenvalue weighted by Gasteiger charge is -2.28. The van der Waals surface area contributed by atoms with Crippen LogP contribution in [0.4, 0.5) is 10.1 Å². The van der Waals surface area contributed by atoms with Crippen molar-refractivity contribution >= 4 is 29.1 Å². The van der Waals surface area contributed by atoms with Gasteiger partial charge in [0.15, 0.2) is 0 Å². The molecule has 144 valence electrons. The zero-order chi connectivity index (χ0) is 20.0. The van der Waals surface area contributed by atoms with Gasteiger partial charge in [0.25, 0.3) is 0 Å². The summed E-state index contributed by atoms with van der Waals surface area (Å²) in [6, 6.07) is 12.4. The largest absolute Gasteiger partial charge is 0.340 e. The molecule has 5 nitrogen and oxygen atoms in total. The molecular weight excluding hydrogens is 369 g/mol. The fourth-order valence-corrected chi connectivity index (χ4v) is 2.72. The molecule has 0 radical (unpaired) electrons. The summed E-state index contributed by atoms with van der Waals surface area (Å²) >= 11 is 5.82. The van der Waals surface area contributed by atoms with Gasteiger partial charge in [-0.3, -0.25) is 14.5 Å². The summed E-state index contributed by atoms with van der Waals surface area (Å²) in [5.41, 5.74) is 1.35. The Balaban J connectivity index is 1.88. The van der Waals surface area contributed by atoms with Crippen molar-refractivity contribution in [3.8, 4) is 0 Å². The monoisotopic (exact) mass is 391 g/mol. The zero-order valence-electron chi connectivity index (χ0n) is 15.6. The number of hydrogen-bond acceptors (Lipinski definition) is 3. The summed E-state index contributed by atoms with van der Waals surface area (Å²) in [6.45, 7) is 2.09. The summed E-state index contributed by atoms with van der Waals surface area (Å²) in [4.78, 5) is 28.0. The van der Waals surface area contributed by atoms with Crippen molar-refractivity contribution in [2.45, 2.75) is 19.5 Å². The van der Waals surface area contributed by atoms with Gasteiger partial charge in [-0.15, -0.1) is 0 Å². The van der Waals surface area contributed by atoms with Crippen molar-refractivity contribution in [3.05, 3.63) is 64.9 Å². The van der Waals surface area contributed by atoms with Crippen molar-refractivity contribution in [1.29, 1.82) is 0 Å². The second-order valence-corrected chi connectivity index (χ2v) is 6.91. The Morgan fingerprint density at radius 3 is 2.44 bits per heavy atom. The van der Waals surface area contributed by atoms with Crippen LogP contribution < -0.4 is 5.32 Å². The highest BCUT2D eigenvalue weighted by Crippen LogP contribution is 2.13. The third kappa shape index (κ3) is 6.34. The van der Waals surface area contributed by atoms with Crippen molar-refractivity contribution in [2.75, 3.05) is 26.0 Å². The molecule has 0 aromatic heterocycles. The van der Waals surface area contributed by atoms with E-state index in [1.807, 2.05) is 0 Å². The van der Waals surface area contributed by atoms with Crippen LogP contribution in [0.3, 0.4) is 0 Å². The maximum atomic E-state index is 13.3. The predicted molar refractivity (Wildman–Crippen MR) is 105 cm³/mol. The lowest BCUT2D eigenvalue weighted by atomic mass is 10.2. The highest BCUT2D eigenvalue weighted by molar-refractivity contribution is 6.30. The first kappa shape index (κ1) is 20.9. The molecule has 7 heteroatoms. The second-order valence-electron chi connectivity index (χ2n) is 6.47. The third-order valence-corrected chi connectivity index (χ3v) is 4.48. The van der Waals surface area contributed by atoms with Crippen LogP contribution in [0.2, 0.25) is 5.02 Å². The second kappa shape index (κ2) is 9.48. The Kier molecular flexibility index (Phi) is 7.33. The van der Waals surface area contributed by atoms with Crippen LogP contribution in [-0.4, -0.2) is 48.3 Å². The minimum Gasteiger partial charge on any atom is -0.340 e. The number of likely N-dealkylation sites (N-methyl/N-ethyl adjacent to an activating group) is 2. The minimum atomic E-state index is -0.500. The molecule has 0 aliphatic carbocycles. The summed E-state index contributed by atoms with van der Waals surface area (Å²) < 4.78 is 13.3. The fourth-order valence-electron chi connectivity index (χ4n) is 2.59. The number of nitrogens with zero attached hydrogens (tertiary/aromatic N) is 2. The van der Waals surface area contributed by atoms with Gasteiger partial charge < -0.3 is 10.2 Å². The summed E-state index contributed by atoms with van der Waals surface area (Å²) in [7, 11) is 3.37. The fraction of sp³-hybridized carbons (Fsp3) is 0.300. The van der Waals surface area contributed by atoms with E-state index in [1.54, 1.807) is 62.3 Å². The number of carbonyl (C=O) groups excluding carboxylic acids is 2. The normalized spacial score (nSPS) is 11.9. The molecule has 0 aliphatic heterocycles. The Labute approximate surface area is 163 Å². The molecule has 2 rings (SSSR count). The molecule has 0 saturated carbocycles. The van der Waals surface area contributed by atoms with Gasteiger partial charge in [0.2, 0.25) is 11.8 Å². The molecule has 0 aliphatic rings. The van der Waals surface area contributed by atoms with Gasteiger partial charge in [0.1, 0.15) is 5.82 Å². The van der Waals surface area contributed by atoms with Crippen LogP contribution in [0.25, 0.3) is 0 Å². The topological polar surface area (TPSA) is 52.7 Å². The van der Waals surface area contributed by atoms with E-state index in [-0.39, 0.29) is 24.2 Å². The average Bonchev–Trinajstić information content (AvgIpc) is 2.62. The quantitative estimate of drug-likeness (QED) is 0.787. The van der Waals surface area contributed by atoms with Gasteiger partial charge in [-0.2, -0.15) is 0 Å². The van der Waals surface area contributed by atoms with E-state index in [0.29, 0.717) is 22.8 Å². The molecule has 0 heterocycles. The number of amides is 2. The van der Waals surface area contributed by atoms with E-state index in [2.05, 4.69) is 5.32 Å². The highest BCUT2D eigenvalue weighted by Gasteiger charge is 2.23. The molecule has 0 bridgehead atoms. The molecule has 2 amide bonds. The Bertz CT molecular complexity index is 798. The molecule has 1 N–H and O–H groups in total. The third-order valence-electron chi connectivity index (χ3n) is 4.22. The number of rotatable bonds is 7. The maximum Gasteiger partial charge on any atom is 0.239 e. The molecule has 2 aromatic carbocycles. The summed E-state index contributed by atoms with van der Waals surface area (Å²) in [5.74, 6) is -0.717. The predicted octanol–water partition coefficient (Wildman–Crippen LogP) is 3.40. The standard InChI is InChI=1S/C20H23ClFN3O2/c1-14(20(27)25(3)12-15-5-4-6-17(22)11-15)24(2)13-19(26)23-18-9-7-16(21)8-10-18/h4-11,14H,12-13H2,1-3H3,(H,23,26)/t14-/m1/s1. The van der Waals surface area contributed by atoms with Gasteiger partial charge in [-0.25, -0.2) is 4.39 Å². The molecule has 0 saturated heterocycles. The van der Waals surface area contributed by atoms with Crippen LogP contribution in [0.5, 0.6) is 0 Å². The molecule has 0 unspecified atom stereocenters. The minimum absolute atomic E-state index is 0.0589. The molecular formula is C20H23ClFN3O2. The molecule has 2 aromatic rings. The Hall–Kier alpha value is -2.44. The van der Waals surface area contributed by atoms with E-state index in [4.69, 9.17) is 11.6 Å². The summed E-state index contributed by atoms with van der Waals surface area (Å²) in [5, 5.41) is 3.35. The van der Waals surface area contributed by atoms with E-state index >= 15 is 0 Å². The van der Waals surface area contributed by atoms with Gasteiger partial charge in [-0.05, 0) is 55.9 Å². The average molecular weight is 392 g/mol. The number of benzene rings is 2. The lowest BCUT2D eigenvalue weighted by molar-refractivity contribution is -0.135. The molecule has 0 spiro atoms. The van der Waals surface area contributed by atoms with E-state index < -0.39 is 6.04 Å². The molecule has 0 fully saturated rings. The first-order valence-corrected chi connectivity index (χ1v) is 8.89. The highest BCUT2D eigenvalue weighted by atomic mass is 35.5. The Morgan fingerprint density at radius 1 is 1.15 bits per heavy atom. The van der Waals surface area contributed by atoms with Gasteiger partial charge in [0, 0.05) is 24.3 Å². The SMILES string of the molecule is C[C@H](C(=O)N(C)Cc1cccc(F)c1)N(C)CC(=O)Nc1ccc(Cl)cc1. The molecule has 1 atom stereocenters. The number of hydrogen-bond donors (Lipinski definition) is 1. The van der Waals surface area contributed by atoms with E-state index in [0.717, 1.165) is 0 Å². The van der Waals surface area contributed by atoms with Crippen LogP contribution in [-0.2, 0) is 16.1 Å². The van der Waals surface area contributed by atoms with Crippen molar-refractivity contribution in [1.82, 2.24) is 9.80 Å². The molecule has 27 heavy (non-hydrogen) atoms. The van der Waals surface area contributed by atoms with Gasteiger partial charge >= 0.3 is 0 Å². The zero-order valence-corrected chi connectivity index (χ0v) is 16.3. The van der Waals surface area contributed by atoms with Crippen LogP contribution >= 0.6 is 11.6 Å². The Morgan fingerprint density at radius 2 is 1.81 bits per heavy atom. The van der Waals surface area contributed by atoms with Crippen molar-refractivity contribution in [3.63, 3.8) is 0 Å². The van der Waals surface area contributed by atoms with Crippen LogP contribution in [0.15, 0.2) is 48.5 Å². The van der Waals surface area contributed by atoms with Crippen LogP contribution in [0, 0.1) is 5.82 Å². The van der Waals surface area contributed by atoms with Crippen molar-refractivity contribution in [2.24, 2.45) is 0 Å². The van der Waals surface area contributed by atoms with Gasteiger partial charge in [0.05, 0.1) is 12.6 Å². The number of nitrogens with one attached hydrogen (secondary N) is 1. The number of anilines is 1. The first-order valence-electron chi connectivity index (χ1n) is 8.51. The first-order chi connectivity index (χ1) is 12.8. The maximum absolute atomic E-state index is 13.3. The van der Waals surface area contributed by atoms with Gasteiger partial charge in [-0.1, -0.05) is 23.7 Å². The number of carbonyl (C=O) groups is 2. The van der Waals surface area contributed by atoms with E-state index in [9.17, 15) is 14.0 Å². The van der Waals surface area contributed by atoms with Crippen LogP contribution in [0.1, 0.15) is 12.5 Å². The number of halogens is 2.